The Labute approximate surface area is 226 Å². The molecule has 11 heteroatoms. The number of piperazine rings is 1. The molecular weight excluding hydrogens is 509 g/mol. The Bertz CT molecular complexity index is 1190. The molecule has 2 saturated heterocycles. The summed E-state index contributed by atoms with van der Waals surface area (Å²) in [4.78, 5) is 34.5. The molecule has 2 unspecified atom stereocenters. The van der Waals surface area contributed by atoms with E-state index in [1.54, 1.807) is 18.3 Å². The van der Waals surface area contributed by atoms with Crippen molar-refractivity contribution in [3.63, 3.8) is 0 Å². The summed E-state index contributed by atoms with van der Waals surface area (Å²) in [5, 5.41) is 4.22. The number of aromatic nitrogens is 2. The zero-order valence-electron chi connectivity index (χ0n) is 22.2. The lowest BCUT2D eigenvalue weighted by Gasteiger charge is -2.34. The van der Waals surface area contributed by atoms with Gasteiger partial charge >= 0.3 is 12.2 Å². The molecule has 1 aromatic heterocycles. The maximum absolute atomic E-state index is 13.2. The Morgan fingerprint density at radius 3 is 2.21 bits per heavy atom. The van der Waals surface area contributed by atoms with Crippen LogP contribution in [0.5, 0.6) is 0 Å². The monoisotopic (exact) mass is 544 g/mol. The highest BCUT2D eigenvalue weighted by Gasteiger charge is 2.44. The van der Waals surface area contributed by atoms with Crippen LogP contribution in [0.2, 0.25) is 0 Å². The van der Waals surface area contributed by atoms with Gasteiger partial charge in [-0.3, -0.25) is 14.6 Å². The number of carbonyl (C=O) groups excluding carboxylic acids is 2. The van der Waals surface area contributed by atoms with Gasteiger partial charge < -0.3 is 9.80 Å². The molecule has 1 aromatic carbocycles. The van der Waals surface area contributed by atoms with Crippen LogP contribution in [0.15, 0.2) is 36.7 Å². The predicted molar refractivity (Wildman–Crippen MR) is 138 cm³/mol. The lowest BCUT2D eigenvalue weighted by Crippen LogP contribution is -2.49. The largest absolute Gasteiger partial charge is 0.416 e. The summed E-state index contributed by atoms with van der Waals surface area (Å²) >= 11 is 0. The molecule has 4 fully saturated rings. The van der Waals surface area contributed by atoms with Gasteiger partial charge in [-0.25, -0.2) is 4.79 Å². The molecule has 4 aliphatic rings. The molecule has 8 nitrogen and oxygen atoms in total. The highest BCUT2D eigenvalue weighted by Crippen LogP contribution is 2.40. The van der Waals surface area contributed by atoms with Crippen LogP contribution in [-0.2, 0) is 12.7 Å². The normalized spacial score (nSPS) is 25.9. The highest BCUT2D eigenvalue weighted by atomic mass is 19.4. The second-order valence-corrected chi connectivity index (χ2v) is 11.7. The number of hydrogen-bond donors (Lipinski definition) is 0. The molecular formula is C28H35F3N6O2. The van der Waals surface area contributed by atoms with Gasteiger partial charge in [0.1, 0.15) is 0 Å². The fourth-order valence-electron chi connectivity index (χ4n) is 6.60. The minimum atomic E-state index is -4.32. The fourth-order valence-corrected chi connectivity index (χ4v) is 6.60. The molecule has 0 N–H and O–H groups in total. The van der Waals surface area contributed by atoms with Crippen molar-refractivity contribution in [2.24, 2.45) is 11.8 Å². The molecule has 2 saturated carbocycles. The average molecular weight is 545 g/mol. The van der Waals surface area contributed by atoms with Gasteiger partial charge in [0.05, 0.1) is 17.3 Å². The second-order valence-electron chi connectivity index (χ2n) is 11.7. The minimum absolute atomic E-state index is 0.0679. The van der Waals surface area contributed by atoms with Gasteiger partial charge in [-0.2, -0.15) is 23.0 Å². The molecule has 2 aromatic rings. The van der Waals surface area contributed by atoms with Gasteiger partial charge in [-0.1, -0.05) is 12.1 Å². The molecule has 2 atom stereocenters. The van der Waals surface area contributed by atoms with Gasteiger partial charge in [0.2, 0.25) is 0 Å². The first-order valence-corrected chi connectivity index (χ1v) is 13.9. The van der Waals surface area contributed by atoms with E-state index in [1.807, 2.05) is 16.8 Å². The van der Waals surface area contributed by atoms with Crippen LogP contribution in [0.25, 0.3) is 0 Å². The average Bonchev–Trinajstić information content (AvgIpc) is 3.31. The predicted octanol–water partition coefficient (Wildman–Crippen LogP) is 3.63. The van der Waals surface area contributed by atoms with Crippen molar-refractivity contribution in [1.29, 1.82) is 0 Å². The van der Waals surface area contributed by atoms with E-state index in [0.29, 0.717) is 62.2 Å². The molecule has 0 spiro atoms. The van der Waals surface area contributed by atoms with Crippen LogP contribution in [-0.4, -0.2) is 99.7 Å². The summed E-state index contributed by atoms with van der Waals surface area (Å²) in [5.41, 5.74) is 0.676. The van der Waals surface area contributed by atoms with Gasteiger partial charge in [0, 0.05) is 64.1 Å². The van der Waals surface area contributed by atoms with Crippen molar-refractivity contribution in [3.8, 4) is 0 Å². The van der Waals surface area contributed by atoms with Crippen molar-refractivity contribution in [3.05, 3.63) is 53.3 Å². The third-order valence-corrected chi connectivity index (χ3v) is 9.02. The topological polar surface area (TPSA) is 64.9 Å². The third-order valence-electron chi connectivity index (χ3n) is 9.02. The summed E-state index contributed by atoms with van der Waals surface area (Å²) in [6.45, 7) is 5.11. The molecule has 210 valence electrons. The van der Waals surface area contributed by atoms with Crippen LogP contribution in [0.4, 0.5) is 18.0 Å². The molecule has 2 aliphatic heterocycles. The summed E-state index contributed by atoms with van der Waals surface area (Å²) in [7, 11) is 2.01. The van der Waals surface area contributed by atoms with E-state index < -0.39 is 11.7 Å². The van der Waals surface area contributed by atoms with E-state index in [4.69, 9.17) is 0 Å². The smallest absolute Gasteiger partial charge is 0.336 e. The van der Waals surface area contributed by atoms with Gasteiger partial charge in [0.25, 0.3) is 5.91 Å². The van der Waals surface area contributed by atoms with Gasteiger partial charge in [0.15, 0.2) is 0 Å². The Hall–Kier alpha value is -2.92. The highest BCUT2D eigenvalue weighted by molar-refractivity contribution is 5.94. The Kier molecular flexibility index (Phi) is 6.91. The van der Waals surface area contributed by atoms with Crippen molar-refractivity contribution < 1.29 is 22.8 Å². The lowest BCUT2D eigenvalue weighted by atomic mass is 10.0. The Morgan fingerprint density at radius 2 is 1.62 bits per heavy atom. The summed E-state index contributed by atoms with van der Waals surface area (Å²) in [6, 6.07) is 6.21. The number of nitrogens with zero attached hydrogens (tertiary/aromatic N) is 6. The summed E-state index contributed by atoms with van der Waals surface area (Å²) < 4.78 is 39.8. The summed E-state index contributed by atoms with van der Waals surface area (Å²) in [6.07, 6.45) is 3.16. The van der Waals surface area contributed by atoms with Gasteiger partial charge in [-0.05, 0) is 62.3 Å². The maximum atomic E-state index is 13.2. The number of rotatable bonds is 5. The van der Waals surface area contributed by atoms with E-state index in [0.717, 1.165) is 43.6 Å². The SMILES string of the molecule is CN(Cc1ccc(C(F)(F)F)cc1)C1CC2CN(C(=O)n3cc(C(=O)N4CCN(C5CC5)CC4)cn3)CC2C1. The zero-order chi connectivity index (χ0) is 27.3. The van der Waals surface area contributed by atoms with E-state index in [-0.39, 0.29) is 11.9 Å². The molecule has 3 heterocycles. The van der Waals surface area contributed by atoms with Crippen LogP contribution in [0.3, 0.4) is 0 Å². The Balaban J connectivity index is 0.990. The van der Waals surface area contributed by atoms with Crippen molar-refractivity contribution in [1.82, 2.24) is 29.4 Å². The zero-order valence-corrected chi connectivity index (χ0v) is 22.2. The molecule has 2 amide bonds. The fraction of sp³-hybridized carbons (Fsp3) is 0.607. The third kappa shape index (κ3) is 5.56. The van der Waals surface area contributed by atoms with Crippen molar-refractivity contribution in [2.75, 3.05) is 46.3 Å². The number of carbonyl (C=O) groups is 2. The second kappa shape index (κ2) is 10.2. The van der Waals surface area contributed by atoms with Gasteiger partial charge in [-0.15, -0.1) is 0 Å². The maximum Gasteiger partial charge on any atom is 0.416 e. The standard InChI is InChI=1S/C28H35F3N6O2/c1-33(15-19-2-4-23(5-3-19)28(29,30)31)25-12-20-16-36(17-21(20)13-25)27(39)37-18-22(14-32-37)26(38)35-10-8-34(9-11-35)24-6-7-24/h2-5,14,18,20-21,24-25H,6-13,15-17H2,1H3. The molecule has 2 aliphatic carbocycles. The van der Waals surface area contributed by atoms with E-state index in [1.165, 1.54) is 23.7 Å². The summed E-state index contributed by atoms with van der Waals surface area (Å²) in [5.74, 6) is 0.698. The number of benzene rings is 1. The van der Waals surface area contributed by atoms with E-state index >= 15 is 0 Å². The number of halogens is 3. The van der Waals surface area contributed by atoms with Crippen LogP contribution in [0, 0.1) is 11.8 Å². The lowest BCUT2D eigenvalue weighted by molar-refractivity contribution is -0.137. The van der Waals surface area contributed by atoms with E-state index in [2.05, 4.69) is 14.9 Å². The molecule has 0 radical (unpaired) electrons. The van der Waals surface area contributed by atoms with E-state index in [9.17, 15) is 22.8 Å². The first-order valence-electron chi connectivity index (χ1n) is 13.9. The van der Waals surface area contributed by atoms with Crippen molar-refractivity contribution in [2.45, 2.75) is 50.5 Å². The molecule has 39 heavy (non-hydrogen) atoms. The van der Waals surface area contributed by atoms with Crippen molar-refractivity contribution >= 4 is 11.9 Å². The number of amides is 2. The molecule has 6 rings (SSSR count). The number of likely N-dealkylation sites (tertiary alicyclic amines) is 1. The number of hydrogen-bond acceptors (Lipinski definition) is 5. The van der Waals surface area contributed by atoms with Crippen LogP contribution >= 0.6 is 0 Å². The minimum Gasteiger partial charge on any atom is -0.336 e. The Morgan fingerprint density at radius 1 is 0.974 bits per heavy atom. The van der Waals surface area contributed by atoms with Crippen LogP contribution in [0.1, 0.15) is 47.2 Å². The quantitative estimate of drug-likeness (QED) is 0.576. The van der Waals surface area contributed by atoms with Crippen LogP contribution < -0.4 is 0 Å². The number of alkyl halides is 3. The first-order chi connectivity index (χ1) is 18.7. The first kappa shape index (κ1) is 26.3. The molecule has 0 bridgehead atoms. The number of fused-ring (bicyclic) bond motifs is 1.